The van der Waals surface area contributed by atoms with Crippen LogP contribution in [0.4, 0.5) is 10.6 Å². The quantitative estimate of drug-likeness (QED) is 0.876. The highest BCUT2D eigenvalue weighted by molar-refractivity contribution is 5.83. The molecule has 1 aliphatic heterocycles. The topological polar surface area (TPSA) is 82.7 Å². The third-order valence-corrected chi connectivity index (χ3v) is 3.86. The van der Waals surface area contributed by atoms with Gasteiger partial charge in [-0.1, -0.05) is 18.2 Å². The summed E-state index contributed by atoms with van der Waals surface area (Å²) >= 11 is 0. The fourth-order valence-corrected chi connectivity index (χ4v) is 2.74. The Hall–Kier alpha value is -2.34. The van der Waals surface area contributed by atoms with Crippen LogP contribution in [-0.2, 0) is 6.54 Å². The summed E-state index contributed by atoms with van der Waals surface area (Å²) < 4.78 is 0. The van der Waals surface area contributed by atoms with Crippen molar-refractivity contribution in [3.63, 3.8) is 0 Å². The van der Waals surface area contributed by atoms with E-state index in [0.29, 0.717) is 18.9 Å². The Balaban J connectivity index is 1.78. The molecule has 110 valence electrons. The number of pyridine rings is 1. The molecular formula is C15H18N4O2. The number of hydrogen-bond donors (Lipinski definition) is 2. The van der Waals surface area contributed by atoms with E-state index in [-0.39, 0.29) is 0 Å². The first-order chi connectivity index (χ1) is 10.1. The smallest absolute Gasteiger partial charge is 0.407 e. The monoisotopic (exact) mass is 286 g/mol. The van der Waals surface area contributed by atoms with Crippen LogP contribution in [0.2, 0.25) is 0 Å². The molecule has 6 nitrogen and oxygen atoms in total. The van der Waals surface area contributed by atoms with Gasteiger partial charge < -0.3 is 15.7 Å². The van der Waals surface area contributed by atoms with Gasteiger partial charge in [-0.05, 0) is 17.7 Å². The number of nitrogens with two attached hydrogens (primary N) is 1. The highest BCUT2D eigenvalue weighted by Crippen LogP contribution is 2.21. The zero-order valence-electron chi connectivity index (χ0n) is 11.7. The number of amides is 1. The number of rotatable bonds is 2. The van der Waals surface area contributed by atoms with Crippen LogP contribution in [0.1, 0.15) is 5.56 Å². The van der Waals surface area contributed by atoms with Crippen LogP contribution >= 0.6 is 0 Å². The summed E-state index contributed by atoms with van der Waals surface area (Å²) in [5.41, 5.74) is 7.92. The lowest BCUT2D eigenvalue weighted by Crippen LogP contribution is -2.47. The fourth-order valence-electron chi connectivity index (χ4n) is 2.74. The van der Waals surface area contributed by atoms with Gasteiger partial charge in [0.05, 0.1) is 5.52 Å². The minimum Gasteiger partial charge on any atom is -0.465 e. The Bertz CT molecular complexity index is 666. The number of nitrogen functional groups attached to an aromatic ring is 1. The second-order valence-electron chi connectivity index (χ2n) is 5.27. The van der Waals surface area contributed by atoms with E-state index in [4.69, 9.17) is 10.8 Å². The number of anilines is 1. The molecule has 1 aromatic heterocycles. The zero-order chi connectivity index (χ0) is 14.8. The molecule has 0 bridgehead atoms. The molecule has 0 aliphatic carbocycles. The Morgan fingerprint density at radius 1 is 1.24 bits per heavy atom. The first kappa shape index (κ1) is 13.6. The Morgan fingerprint density at radius 2 is 1.95 bits per heavy atom. The minimum atomic E-state index is -0.840. The maximum Gasteiger partial charge on any atom is 0.407 e. The van der Waals surface area contributed by atoms with Gasteiger partial charge in [0.1, 0.15) is 5.82 Å². The van der Waals surface area contributed by atoms with Gasteiger partial charge in [0.2, 0.25) is 0 Å². The van der Waals surface area contributed by atoms with Crippen molar-refractivity contribution in [2.24, 2.45) is 0 Å². The number of carboxylic acid groups (broad SMARTS) is 1. The predicted octanol–water partition coefficient (Wildman–Crippen LogP) is 1.61. The number of hydrogen-bond acceptors (Lipinski definition) is 4. The summed E-state index contributed by atoms with van der Waals surface area (Å²) in [5, 5.41) is 10.1. The van der Waals surface area contributed by atoms with Crippen molar-refractivity contribution in [1.82, 2.24) is 14.8 Å². The second kappa shape index (κ2) is 5.57. The van der Waals surface area contributed by atoms with Gasteiger partial charge in [-0.15, -0.1) is 0 Å². The Kier molecular flexibility index (Phi) is 3.62. The molecule has 1 amide bonds. The highest BCUT2D eigenvalue weighted by Gasteiger charge is 2.20. The molecule has 0 spiro atoms. The van der Waals surface area contributed by atoms with Gasteiger partial charge in [0.25, 0.3) is 0 Å². The number of para-hydroxylation sites is 1. The molecular weight excluding hydrogens is 268 g/mol. The molecule has 2 aromatic rings. The summed E-state index contributed by atoms with van der Waals surface area (Å²) in [6.45, 7) is 3.34. The van der Waals surface area contributed by atoms with Crippen LogP contribution in [0, 0.1) is 0 Å². The van der Waals surface area contributed by atoms with E-state index in [2.05, 4.69) is 9.88 Å². The highest BCUT2D eigenvalue weighted by atomic mass is 16.4. The molecule has 3 N–H and O–H groups in total. The molecule has 1 fully saturated rings. The zero-order valence-corrected chi connectivity index (χ0v) is 11.7. The molecule has 0 unspecified atom stereocenters. The van der Waals surface area contributed by atoms with E-state index in [1.807, 2.05) is 30.3 Å². The fraction of sp³-hybridized carbons (Fsp3) is 0.333. The lowest BCUT2D eigenvalue weighted by atomic mass is 10.1. The molecule has 3 rings (SSSR count). The van der Waals surface area contributed by atoms with Crippen molar-refractivity contribution in [3.05, 3.63) is 35.9 Å². The molecule has 1 aliphatic rings. The molecule has 0 radical (unpaired) electrons. The van der Waals surface area contributed by atoms with Gasteiger partial charge >= 0.3 is 6.09 Å². The molecule has 0 atom stereocenters. The average Bonchev–Trinajstić information content (AvgIpc) is 2.47. The van der Waals surface area contributed by atoms with Crippen molar-refractivity contribution in [3.8, 4) is 0 Å². The van der Waals surface area contributed by atoms with Gasteiger partial charge in [0, 0.05) is 38.1 Å². The van der Waals surface area contributed by atoms with Gasteiger partial charge in [-0.2, -0.15) is 0 Å². The van der Waals surface area contributed by atoms with E-state index < -0.39 is 6.09 Å². The number of benzene rings is 1. The number of carbonyl (C=O) groups is 1. The number of nitrogens with zero attached hydrogens (tertiary/aromatic N) is 3. The lowest BCUT2D eigenvalue weighted by Gasteiger charge is -2.33. The molecule has 2 heterocycles. The van der Waals surface area contributed by atoms with Crippen LogP contribution in [0.25, 0.3) is 10.9 Å². The van der Waals surface area contributed by atoms with Crippen LogP contribution in [0.5, 0.6) is 0 Å². The SMILES string of the molecule is Nc1cc(CN2CCN(C(=O)O)CC2)c2ccccc2n1. The number of aromatic nitrogens is 1. The lowest BCUT2D eigenvalue weighted by molar-refractivity contribution is 0.103. The van der Waals surface area contributed by atoms with Gasteiger partial charge in [0.15, 0.2) is 0 Å². The first-order valence-electron chi connectivity index (χ1n) is 6.98. The van der Waals surface area contributed by atoms with Gasteiger partial charge in [-0.3, -0.25) is 4.90 Å². The molecule has 1 saturated heterocycles. The van der Waals surface area contributed by atoms with Crippen molar-refractivity contribution in [2.45, 2.75) is 6.54 Å². The molecule has 6 heteroatoms. The van der Waals surface area contributed by atoms with Crippen LogP contribution in [0.3, 0.4) is 0 Å². The third kappa shape index (κ3) is 2.90. The van der Waals surface area contributed by atoms with E-state index in [9.17, 15) is 4.79 Å². The second-order valence-corrected chi connectivity index (χ2v) is 5.27. The van der Waals surface area contributed by atoms with E-state index in [1.165, 1.54) is 4.90 Å². The van der Waals surface area contributed by atoms with Crippen LogP contribution < -0.4 is 5.73 Å². The summed E-state index contributed by atoms with van der Waals surface area (Å²) in [6, 6.07) is 9.85. The van der Waals surface area contributed by atoms with Crippen LogP contribution in [-0.4, -0.2) is 52.2 Å². The standard InChI is InChI=1S/C15H18N4O2/c16-14-9-11(12-3-1-2-4-13(12)17-14)10-18-5-7-19(8-6-18)15(20)21/h1-4,9H,5-8,10H2,(H2,16,17)(H,20,21). The Morgan fingerprint density at radius 3 is 2.67 bits per heavy atom. The summed E-state index contributed by atoms with van der Waals surface area (Å²) in [6.07, 6.45) is -0.840. The third-order valence-electron chi connectivity index (χ3n) is 3.86. The maximum atomic E-state index is 10.9. The Labute approximate surface area is 122 Å². The summed E-state index contributed by atoms with van der Waals surface area (Å²) in [5.74, 6) is 0.521. The van der Waals surface area contributed by atoms with Crippen molar-refractivity contribution in [1.29, 1.82) is 0 Å². The summed E-state index contributed by atoms with van der Waals surface area (Å²) in [4.78, 5) is 19.0. The normalized spacial score (nSPS) is 16.3. The van der Waals surface area contributed by atoms with Crippen molar-refractivity contribution >= 4 is 22.8 Å². The number of fused-ring (bicyclic) bond motifs is 1. The van der Waals surface area contributed by atoms with E-state index in [0.717, 1.165) is 36.1 Å². The maximum absolute atomic E-state index is 10.9. The largest absolute Gasteiger partial charge is 0.465 e. The van der Waals surface area contributed by atoms with E-state index in [1.54, 1.807) is 0 Å². The summed E-state index contributed by atoms with van der Waals surface area (Å²) in [7, 11) is 0. The van der Waals surface area contributed by atoms with E-state index >= 15 is 0 Å². The average molecular weight is 286 g/mol. The first-order valence-corrected chi connectivity index (χ1v) is 6.98. The van der Waals surface area contributed by atoms with Crippen LogP contribution in [0.15, 0.2) is 30.3 Å². The number of piperazine rings is 1. The van der Waals surface area contributed by atoms with Gasteiger partial charge in [-0.25, -0.2) is 9.78 Å². The molecule has 1 aromatic carbocycles. The molecule has 21 heavy (non-hydrogen) atoms. The minimum absolute atomic E-state index is 0.521. The predicted molar refractivity (Wildman–Crippen MR) is 81.0 cm³/mol. The molecule has 0 saturated carbocycles. The van der Waals surface area contributed by atoms with Crippen molar-refractivity contribution in [2.75, 3.05) is 31.9 Å². The van der Waals surface area contributed by atoms with Crippen molar-refractivity contribution < 1.29 is 9.90 Å².